The summed E-state index contributed by atoms with van der Waals surface area (Å²) in [6, 6.07) is 8.13. The van der Waals surface area contributed by atoms with Crippen LogP contribution >= 0.6 is 0 Å². The molecular formula is C24H25F2N3O2. The number of ether oxygens (including phenoxy) is 1. The third-order valence-corrected chi connectivity index (χ3v) is 4.50. The molecule has 0 aliphatic carbocycles. The molecule has 31 heavy (non-hydrogen) atoms. The van der Waals surface area contributed by atoms with Gasteiger partial charge >= 0.3 is 0 Å². The van der Waals surface area contributed by atoms with E-state index in [1.165, 1.54) is 25.4 Å². The zero-order valence-electron chi connectivity index (χ0n) is 18.2. The van der Waals surface area contributed by atoms with Crippen molar-refractivity contribution >= 4 is 29.1 Å². The second kappa shape index (κ2) is 11.0. The predicted octanol–water partition coefficient (Wildman–Crippen LogP) is 5.96. The lowest BCUT2D eigenvalue weighted by atomic mass is 10.1. The van der Waals surface area contributed by atoms with Crippen LogP contribution in [0.25, 0.3) is 5.57 Å². The average Bonchev–Trinajstić information content (AvgIpc) is 2.76. The molecule has 0 aliphatic rings. The number of halogens is 2. The van der Waals surface area contributed by atoms with Crippen LogP contribution in [0.15, 0.2) is 58.8 Å². The first-order chi connectivity index (χ1) is 14.8. The van der Waals surface area contributed by atoms with E-state index in [0.717, 1.165) is 17.5 Å². The first kappa shape index (κ1) is 23.7. The van der Waals surface area contributed by atoms with Crippen LogP contribution in [0.5, 0.6) is 5.75 Å². The molecule has 0 saturated heterocycles. The van der Waals surface area contributed by atoms with E-state index in [2.05, 4.69) is 15.3 Å². The van der Waals surface area contributed by atoms with Crippen molar-refractivity contribution in [1.82, 2.24) is 0 Å². The Hall–Kier alpha value is -3.61. The normalized spacial score (nSPS) is 12.9. The van der Waals surface area contributed by atoms with Crippen molar-refractivity contribution in [2.75, 3.05) is 12.4 Å². The molecule has 2 aromatic carbocycles. The van der Waals surface area contributed by atoms with Crippen molar-refractivity contribution in [1.29, 1.82) is 0 Å². The molecule has 0 aromatic heterocycles. The highest BCUT2D eigenvalue weighted by atomic mass is 19.2. The molecule has 7 heteroatoms. The Bertz CT molecular complexity index is 1090. The number of rotatable bonds is 7. The predicted molar refractivity (Wildman–Crippen MR) is 122 cm³/mol. The lowest BCUT2D eigenvalue weighted by molar-refractivity contribution is 0.112. The van der Waals surface area contributed by atoms with Crippen molar-refractivity contribution in [2.45, 2.75) is 27.7 Å². The van der Waals surface area contributed by atoms with Crippen LogP contribution in [0.4, 0.5) is 14.5 Å². The van der Waals surface area contributed by atoms with Crippen LogP contribution in [-0.4, -0.2) is 24.9 Å². The number of aliphatic imine (C=N–C) groups is 2. The summed E-state index contributed by atoms with van der Waals surface area (Å²) < 4.78 is 33.1. The van der Waals surface area contributed by atoms with Crippen molar-refractivity contribution in [3.05, 3.63) is 77.1 Å². The van der Waals surface area contributed by atoms with Gasteiger partial charge in [-0.3, -0.25) is 9.79 Å². The number of methoxy groups -OCH3 is 1. The maximum atomic E-state index is 14.3. The molecule has 0 fully saturated rings. The van der Waals surface area contributed by atoms with Gasteiger partial charge in [-0.1, -0.05) is 6.08 Å². The topological polar surface area (TPSA) is 63.0 Å². The molecule has 0 heterocycles. The molecule has 5 nitrogen and oxygen atoms in total. The standard InChI is InChI=1S/C24H25F2N3O2/c1-6-11-27-24(29-19-8-7-18(14-30)15(2)12-19)17(4)28-13-16(3)20-9-10-21(31-5)23(26)22(20)25/h6-14H,1-5H3,(H,27,29)/b11-6-,16-13+,28-17?. The van der Waals surface area contributed by atoms with Crippen LogP contribution in [0.2, 0.25) is 0 Å². The lowest BCUT2D eigenvalue weighted by Crippen LogP contribution is -2.20. The van der Waals surface area contributed by atoms with Crippen molar-refractivity contribution < 1.29 is 18.3 Å². The summed E-state index contributed by atoms with van der Waals surface area (Å²) in [5.74, 6) is -1.72. The average molecular weight is 425 g/mol. The summed E-state index contributed by atoms with van der Waals surface area (Å²) in [6.07, 6.45) is 5.64. The summed E-state index contributed by atoms with van der Waals surface area (Å²) in [6.45, 7) is 7.06. The highest BCUT2D eigenvalue weighted by Crippen LogP contribution is 2.26. The zero-order chi connectivity index (χ0) is 23.0. The number of amidine groups is 1. The fraction of sp³-hybridized carbons (Fsp3) is 0.208. The summed E-state index contributed by atoms with van der Waals surface area (Å²) in [5, 5.41) is 3.18. The zero-order valence-corrected chi connectivity index (χ0v) is 18.2. The number of allylic oxidation sites excluding steroid dienone is 2. The number of nitrogens with one attached hydrogen (secondary N) is 1. The number of carbonyl (C=O) groups excluding carboxylic acids is 1. The van der Waals surface area contributed by atoms with Gasteiger partial charge in [-0.2, -0.15) is 4.39 Å². The molecule has 0 atom stereocenters. The molecule has 2 aromatic rings. The van der Waals surface area contributed by atoms with E-state index in [1.54, 1.807) is 38.3 Å². The van der Waals surface area contributed by atoms with Gasteiger partial charge in [0.25, 0.3) is 0 Å². The number of hydrogen-bond donors (Lipinski definition) is 1. The van der Waals surface area contributed by atoms with Gasteiger partial charge in [-0.15, -0.1) is 0 Å². The Morgan fingerprint density at radius 2 is 1.84 bits per heavy atom. The number of hydrogen-bond acceptors (Lipinski definition) is 4. The first-order valence-electron chi connectivity index (χ1n) is 9.58. The summed E-state index contributed by atoms with van der Waals surface area (Å²) in [4.78, 5) is 19.8. The number of benzene rings is 2. The van der Waals surface area contributed by atoms with Gasteiger partial charge in [-0.25, -0.2) is 9.38 Å². The second-order valence-corrected chi connectivity index (χ2v) is 6.74. The maximum absolute atomic E-state index is 14.3. The van der Waals surface area contributed by atoms with Gasteiger partial charge < -0.3 is 10.1 Å². The van der Waals surface area contributed by atoms with E-state index in [1.807, 2.05) is 19.9 Å². The van der Waals surface area contributed by atoms with Gasteiger partial charge in [-0.05, 0) is 69.2 Å². The quantitative estimate of drug-likeness (QED) is 0.338. The maximum Gasteiger partial charge on any atom is 0.201 e. The molecule has 0 saturated carbocycles. The summed E-state index contributed by atoms with van der Waals surface area (Å²) in [7, 11) is 1.28. The molecule has 0 spiro atoms. The van der Waals surface area contributed by atoms with E-state index in [9.17, 15) is 13.6 Å². The minimum Gasteiger partial charge on any atom is -0.494 e. The molecule has 0 unspecified atom stereocenters. The van der Waals surface area contributed by atoms with Gasteiger partial charge in [0.05, 0.1) is 12.8 Å². The molecule has 0 radical (unpaired) electrons. The van der Waals surface area contributed by atoms with Gasteiger partial charge in [0.2, 0.25) is 5.82 Å². The van der Waals surface area contributed by atoms with Crippen LogP contribution in [0.1, 0.15) is 42.3 Å². The highest BCUT2D eigenvalue weighted by molar-refractivity contribution is 6.45. The summed E-state index contributed by atoms with van der Waals surface area (Å²) in [5.41, 5.74) is 3.24. The fourth-order valence-electron chi connectivity index (χ4n) is 2.71. The van der Waals surface area contributed by atoms with E-state index in [0.29, 0.717) is 22.7 Å². The largest absolute Gasteiger partial charge is 0.494 e. The molecular weight excluding hydrogens is 400 g/mol. The minimum atomic E-state index is -1.04. The summed E-state index contributed by atoms with van der Waals surface area (Å²) >= 11 is 0. The number of carbonyl (C=O) groups is 1. The van der Waals surface area contributed by atoms with E-state index >= 15 is 0 Å². The third kappa shape index (κ3) is 5.94. The van der Waals surface area contributed by atoms with E-state index in [-0.39, 0.29) is 11.3 Å². The number of aldehydes is 1. The smallest absolute Gasteiger partial charge is 0.201 e. The lowest BCUT2D eigenvalue weighted by Gasteiger charge is -2.11. The van der Waals surface area contributed by atoms with Crippen molar-refractivity contribution in [2.24, 2.45) is 9.98 Å². The Balaban J connectivity index is 2.35. The Morgan fingerprint density at radius 3 is 2.45 bits per heavy atom. The highest BCUT2D eigenvalue weighted by Gasteiger charge is 2.15. The first-order valence-corrected chi connectivity index (χ1v) is 9.58. The Labute approximate surface area is 180 Å². The van der Waals surface area contributed by atoms with Crippen LogP contribution in [0.3, 0.4) is 0 Å². The van der Waals surface area contributed by atoms with Crippen LogP contribution in [0, 0.1) is 18.6 Å². The van der Waals surface area contributed by atoms with Crippen molar-refractivity contribution in [3.8, 4) is 5.75 Å². The monoisotopic (exact) mass is 425 g/mol. The van der Waals surface area contributed by atoms with Gasteiger partial charge in [0.1, 0.15) is 6.29 Å². The molecule has 0 aliphatic heterocycles. The second-order valence-electron chi connectivity index (χ2n) is 6.74. The Kier molecular flexibility index (Phi) is 8.37. The van der Waals surface area contributed by atoms with Crippen LogP contribution in [-0.2, 0) is 0 Å². The fourth-order valence-corrected chi connectivity index (χ4v) is 2.71. The van der Waals surface area contributed by atoms with Gasteiger partial charge in [0.15, 0.2) is 17.4 Å². The van der Waals surface area contributed by atoms with Crippen molar-refractivity contribution in [3.63, 3.8) is 0 Å². The van der Waals surface area contributed by atoms with Crippen LogP contribution < -0.4 is 10.1 Å². The van der Waals surface area contributed by atoms with E-state index < -0.39 is 11.6 Å². The van der Waals surface area contributed by atoms with Gasteiger partial charge in [0, 0.05) is 29.2 Å². The van der Waals surface area contributed by atoms with E-state index in [4.69, 9.17) is 4.74 Å². The molecule has 162 valence electrons. The molecule has 2 rings (SSSR count). The molecule has 1 N–H and O–H groups in total. The molecule has 0 bridgehead atoms. The number of nitrogens with zero attached hydrogens (tertiary/aromatic N) is 2. The third-order valence-electron chi connectivity index (χ3n) is 4.50. The number of aryl methyl sites for hydroxylation is 1. The number of anilines is 1. The SMILES string of the molecule is C/C=C\N=C(Nc1ccc(C=O)c(C)c1)C(C)=N/C=C(\C)c1ccc(OC)c(F)c1F. The Morgan fingerprint density at radius 1 is 1.10 bits per heavy atom. The minimum absolute atomic E-state index is 0.0924. The molecule has 0 amide bonds.